The highest BCUT2D eigenvalue weighted by molar-refractivity contribution is 5.74. The summed E-state index contributed by atoms with van der Waals surface area (Å²) >= 11 is 0. The summed E-state index contributed by atoms with van der Waals surface area (Å²) in [5, 5.41) is 2.60. The van der Waals surface area contributed by atoms with E-state index in [1.54, 1.807) is 11.9 Å². The van der Waals surface area contributed by atoms with E-state index in [4.69, 9.17) is 0 Å². The maximum Gasteiger partial charge on any atom is 0.219 e. The van der Waals surface area contributed by atoms with Gasteiger partial charge in [-0.3, -0.25) is 9.59 Å². The Labute approximate surface area is 80.3 Å². The molecule has 4 heteroatoms. The molecule has 0 spiro atoms. The monoisotopic (exact) mass is 188 g/mol. The Bertz CT molecular complexity index is 158. The van der Waals surface area contributed by atoms with Crippen LogP contribution >= 0.6 is 0 Å². The van der Waals surface area contributed by atoms with Crippen LogP contribution in [0.4, 0.5) is 0 Å². The number of nitrogens with zero attached hydrogens (tertiary/aromatic N) is 1. The van der Waals surface area contributed by atoms with E-state index in [0.717, 1.165) is 0 Å². The number of hydrogen-bond donors (Lipinski definition) is 1. The lowest BCUT2D eigenvalue weighted by Crippen LogP contribution is -2.33. The van der Waals surface area contributed by atoms with Gasteiger partial charge in [0.15, 0.2) is 0 Å². The van der Waals surface area contributed by atoms with Crippen LogP contribution in [-0.2, 0) is 9.59 Å². The number of rotatable bonds is 3. The van der Waals surface area contributed by atoms with Crippen LogP contribution in [0.3, 0.4) is 0 Å². The molecule has 0 aromatic rings. The quantitative estimate of drug-likeness (QED) is 0.706. The summed E-state index contributed by atoms with van der Waals surface area (Å²) in [6.07, 6.45) is 0. The van der Waals surface area contributed by atoms with Gasteiger partial charge in [0.25, 0.3) is 0 Å². The highest BCUT2D eigenvalue weighted by atomic mass is 16.2. The standard InChI is InChI=1S/C7H14N2O2.C2H6/c1-6(10)8-4-5-9(3)7(2)11;1-2/h4-5H2,1-3H3,(H,8,10);1-2H3. The normalized spacial score (nSPS) is 8.08. The Balaban J connectivity index is 0. The van der Waals surface area contributed by atoms with Gasteiger partial charge in [-0.1, -0.05) is 13.8 Å². The smallest absolute Gasteiger partial charge is 0.219 e. The van der Waals surface area contributed by atoms with Gasteiger partial charge in [0, 0.05) is 34.0 Å². The van der Waals surface area contributed by atoms with E-state index in [-0.39, 0.29) is 11.8 Å². The molecular formula is C9H20N2O2. The van der Waals surface area contributed by atoms with Crippen molar-refractivity contribution in [3.8, 4) is 0 Å². The molecule has 0 bridgehead atoms. The zero-order valence-electron chi connectivity index (χ0n) is 9.18. The first-order valence-electron chi connectivity index (χ1n) is 4.50. The third-order valence-corrected chi connectivity index (χ3v) is 1.36. The zero-order valence-corrected chi connectivity index (χ0v) is 9.18. The van der Waals surface area contributed by atoms with Gasteiger partial charge in [-0.05, 0) is 0 Å². The lowest BCUT2D eigenvalue weighted by atomic mass is 10.5. The maximum absolute atomic E-state index is 10.6. The van der Waals surface area contributed by atoms with E-state index in [1.165, 1.54) is 13.8 Å². The Morgan fingerprint density at radius 2 is 1.69 bits per heavy atom. The van der Waals surface area contributed by atoms with Gasteiger partial charge in [0.2, 0.25) is 11.8 Å². The van der Waals surface area contributed by atoms with Crippen LogP contribution in [0.2, 0.25) is 0 Å². The van der Waals surface area contributed by atoms with Crippen molar-refractivity contribution in [3.63, 3.8) is 0 Å². The van der Waals surface area contributed by atoms with Crippen LogP contribution in [0.5, 0.6) is 0 Å². The molecule has 4 nitrogen and oxygen atoms in total. The van der Waals surface area contributed by atoms with E-state index in [0.29, 0.717) is 13.1 Å². The molecule has 0 saturated heterocycles. The Morgan fingerprint density at radius 1 is 1.23 bits per heavy atom. The van der Waals surface area contributed by atoms with E-state index < -0.39 is 0 Å². The van der Waals surface area contributed by atoms with Gasteiger partial charge >= 0.3 is 0 Å². The molecule has 0 radical (unpaired) electrons. The molecule has 2 amide bonds. The minimum Gasteiger partial charge on any atom is -0.355 e. The maximum atomic E-state index is 10.6. The third kappa shape index (κ3) is 10.9. The molecule has 0 heterocycles. The minimum absolute atomic E-state index is 0.00959. The van der Waals surface area contributed by atoms with Gasteiger partial charge in [0.1, 0.15) is 0 Å². The van der Waals surface area contributed by atoms with Crippen molar-refractivity contribution in [2.75, 3.05) is 20.1 Å². The Hall–Kier alpha value is -1.06. The first-order chi connectivity index (χ1) is 6.04. The molecule has 0 aliphatic carbocycles. The van der Waals surface area contributed by atoms with Gasteiger partial charge in [-0.25, -0.2) is 0 Å². The fraction of sp³-hybridized carbons (Fsp3) is 0.778. The van der Waals surface area contributed by atoms with E-state index in [9.17, 15) is 9.59 Å². The third-order valence-electron chi connectivity index (χ3n) is 1.36. The Morgan fingerprint density at radius 3 is 2.00 bits per heavy atom. The van der Waals surface area contributed by atoms with E-state index >= 15 is 0 Å². The summed E-state index contributed by atoms with van der Waals surface area (Å²) in [7, 11) is 1.70. The summed E-state index contributed by atoms with van der Waals surface area (Å²) in [5.41, 5.74) is 0. The van der Waals surface area contributed by atoms with Crippen LogP contribution in [0.1, 0.15) is 27.7 Å². The Kier molecular flexibility index (Phi) is 10.0. The molecule has 0 atom stereocenters. The minimum atomic E-state index is -0.0676. The molecule has 0 aromatic heterocycles. The van der Waals surface area contributed by atoms with Crippen molar-refractivity contribution in [2.45, 2.75) is 27.7 Å². The van der Waals surface area contributed by atoms with E-state index in [1.807, 2.05) is 13.8 Å². The molecule has 1 N–H and O–H groups in total. The molecule has 0 fully saturated rings. The average molecular weight is 188 g/mol. The van der Waals surface area contributed by atoms with Gasteiger partial charge in [-0.2, -0.15) is 0 Å². The second-order valence-electron chi connectivity index (χ2n) is 2.42. The van der Waals surface area contributed by atoms with Crippen molar-refractivity contribution < 1.29 is 9.59 Å². The summed E-state index contributed by atoms with van der Waals surface area (Å²) in [6, 6.07) is 0. The second kappa shape index (κ2) is 9.03. The first kappa shape index (κ1) is 14.5. The number of hydrogen-bond acceptors (Lipinski definition) is 2. The topological polar surface area (TPSA) is 49.4 Å². The predicted octanol–water partition coefficient (Wildman–Crippen LogP) is 0.627. The largest absolute Gasteiger partial charge is 0.355 e. The molecule has 0 aliphatic heterocycles. The molecule has 0 rings (SSSR count). The number of amides is 2. The summed E-state index contributed by atoms with van der Waals surface area (Å²) in [5.74, 6) is -0.0581. The fourth-order valence-corrected chi connectivity index (χ4v) is 0.557. The fourth-order valence-electron chi connectivity index (χ4n) is 0.557. The molecular weight excluding hydrogens is 168 g/mol. The average Bonchev–Trinajstić information content (AvgIpc) is 2.07. The SMILES string of the molecule is CC.CC(=O)NCCN(C)C(C)=O. The van der Waals surface area contributed by atoms with Crippen molar-refractivity contribution >= 4 is 11.8 Å². The number of nitrogens with one attached hydrogen (secondary N) is 1. The number of likely N-dealkylation sites (N-methyl/N-ethyl adjacent to an activating group) is 1. The predicted molar refractivity (Wildman–Crippen MR) is 53.3 cm³/mol. The van der Waals surface area contributed by atoms with Crippen LogP contribution in [0.25, 0.3) is 0 Å². The molecule has 0 aromatic carbocycles. The van der Waals surface area contributed by atoms with Crippen LogP contribution in [-0.4, -0.2) is 36.9 Å². The second-order valence-corrected chi connectivity index (χ2v) is 2.42. The van der Waals surface area contributed by atoms with Gasteiger partial charge in [0.05, 0.1) is 0 Å². The van der Waals surface area contributed by atoms with Crippen molar-refractivity contribution in [1.29, 1.82) is 0 Å². The molecule has 0 unspecified atom stereocenters. The van der Waals surface area contributed by atoms with Gasteiger partial charge < -0.3 is 10.2 Å². The molecule has 78 valence electrons. The zero-order chi connectivity index (χ0) is 10.9. The number of carbonyl (C=O) groups is 2. The van der Waals surface area contributed by atoms with E-state index in [2.05, 4.69) is 5.32 Å². The van der Waals surface area contributed by atoms with Crippen molar-refractivity contribution in [1.82, 2.24) is 10.2 Å². The molecule has 13 heavy (non-hydrogen) atoms. The van der Waals surface area contributed by atoms with Crippen molar-refractivity contribution in [3.05, 3.63) is 0 Å². The lowest BCUT2D eigenvalue weighted by Gasteiger charge is -2.13. The molecule has 0 saturated carbocycles. The van der Waals surface area contributed by atoms with Crippen LogP contribution in [0, 0.1) is 0 Å². The lowest BCUT2D eigenvalue weighted by molar-refractivity contribution is -0.128. The molecule has 0 aliphatic rings. The highest BCUT2D eigenvalue weighted by Gasteiger charge is 2.00. The first-order valence-corrected chi connectivity index (χ1v) is 4.50. The van der Waals surface area contributed by atoms with Crippen molar-refractivity contribution in [2.24, 2.45) is 0 Å². The highest BCUT2D eigenvalue weighted by Crippen LogP contribution is 1.80. The number of carbonyl (C=O) groups excluding carboxylic acids is 2. The summed E-state index contributed by atoms with van der Waals surface area (Å²) in [4.78, 5) is 22.6. The summed E-state index contributed by atoms with van der Waals surface area (Å²) < 4.78 is 0. The van der Waals surface area contributed by atoms with Crippen LogP contribution < -0.4 is 5.32 Å². The summed E-state index contributed by atoms with van der Waals surface area (Å²) in [6.45, 7) is 8.03. The van der Waals surface area contributed by atoms with Crippen LogP contribution in [0.15, 0.2) is 0 Å². The van der Waals surface area contributed by atoms with Gasteiger partial charge in [-0.15, -0.1) is 0 Å².